The van der Waals surface area contributed by atoms with E-state index in [2.05, 4.69) is 16.0 Å². The van der Waals surface area contributed by atoms with Crippen LogP contribution in [0.15, 0.2) is 0 Å². The largest absolute Gasteiger partial charge is 0.395 e. The van der Waals surface area contributed by atoms with Crippen molar-refractivity contribution in [3.05, 3.63) is 0 Å². The Morgan fingerprint density at radius 1 is 0.806 bits per heavy atom. The van der Waals surface area contributed by atoms with Crippen LogP contribution in [-0.4, -0.2) is 99.3 Å². The van der Waals surface area contributed by atoms with E-state index in [1.54, 1.807) is 0 Å². The summed E-state index contributed by atoms with van der Waals surface area (Å²) in [6.07, 6.45) is 10.5. The molecule has 8 nitrogen and oxygen atoms in total. The van der Waals surface area contributed by atoms with Gasteiger partial charge in [0.25, 0.3) is 0 Å². The van der Waals surface area contributed by atoms with E-state index in [0.29, 0.717) is 37.9 Å². The number of methoxy groups -OCH3 is 1. The molecule has 3 fully saturated rings. The summed E-state index contributed by atoms with van der Waals surface area (Å²) in [5.74, 6) is 1.56. The first kappa shape index (κ1) is 25.3. The van der Waals surface area contributed by atoms with Gasteiger partial charge >= 0.3 is 0 Å². The van der Waals surface area contributed by atoms with Crippen molar-refractivity contribution in [1.29, 1.82) is 0 Å². The third kappa shape index (κ3) is 8.51. The molecule has 0 amide bonds. The maximum atomic E-state index is 9.09. The fourth-order valence-electron chi connectivity index (χ4n) is 5.53. The van der Waals surface area contributed by atoms with E-state index in [-0.39, 0.29) is 19.5 Å². The van der Waals surface area contributed by atoms with E-state index in [4.69, 9.17) is 19.7 Å². The second kappa shape index (κ2) is 14.1. The quantitative estimate of drug-likeness (QED) is 0.298. The molecule has 0 radical (unpaired) electrons. The van der Waals surface area contributed by atoms with Crippen molar-refractivity contribution < 1.29 is 19.7 Å². The Balaban J connectivity index is 1.25. The van der Waals surface area contributed by atoms with E-state index < -0.39 is 0 Å². The van der Waals surface area contributed by atoms with Gasteiger partial charge < -0.3 is 19.7 Å². The van der Waals surface area contributed by atoms with Crippen LogP contribution in [0, 0.1) is 11.8 Å². The van der Waals surface area contributed by atoms with Crippen LogP contribution in [0.5, 0.6) is 0 Å². The molecule has 2 saturated carbocycles. The van der Waals surface area contributed by atoms with E-state index in [1.165, 1.54) is 25.7 Å². The van der Waals surface area contributed by atoms with Crippen LogP contribution in [-0.2, 0) is 9.47 Å². The summed E-state index contributed by atoms with van der Waals surface area (Å²) in [5.41, 5.74) is 0. The molecule has 0 aromatic carbocycles. The van der Waals surface area contributed by atoms with E-state index in [0.717, 1.165) is 57.2 Å². The number of hydrogen-bond donors (Lipinski definition) is 5. The zero-order chi connectivity index (χ0) is 21.9. The van der Waals surface area contributed by atoms with Crippen molar-refractivity contribution in [2.75, 3.05) is 59.7 Å². The second-order valence-electron chi connectivity index (χ2n) is 9.58. The number of aliphatic hydroxyl groups is 2. The monoisotopic (exact) mass is 442 g/mol. The van der Waals surface area contributed by atoms with Crippen LogP contribution >= 0.6 is 0 Å². The summed E-state index contributed by atoms with van der Waals surface area (Å²) in [5, 5.41) is 29.3. The third-order valence-electron chi connectivity index (χ3n) is 7.56. The molecular formula is C23H46N4O4. The number of aliphatic hydroxyl groups excluding tert-OH is 2. The first-order valence-corrected chi connectivity index (χ1v) is 12.5. The van der Waals surface area contributed by atoms with E-state index in [9.17, 15) is 0 Å². The second-order valence-corrected chi connectivity index (χ2v) is 9.58. The zero-order valence-corrected chi connectivity index (χ0v) is 19.4. The van der Waals surface area contributed by atoms with Gasteiger partial charge in [0, 0.05) is 45.9 Å². The average molecular weight is 443 g/mol. The molecule has 0 spiro atoms. The molecular weight excluding hydrogens is 396 g/mol. The standard InChI is InChI=1S/C23H46N4O4/c1-30-21-6-2-18(3-7-21)19-16-24-23(25-17-19)26-20-4-8-22(9-5-20)31-15-12-27(10-13-28)11-14-29/h18-26,28-29H,2-17H2,1H3. The number of rotatable bonds is 12. The first-order valence-electron chi connectivity index (χ1n) is 12.5. The molecule has 3 rings (SSSR count). The minimum atomic E-state index is 0.121. The Morgan fingerprint density at radius 3 is 2.00 bits per heavy atom. The minimum Gasteiger partial charge on any atom is -0.395 e. The lowest BCUT2D eigenvalue weighted by Crippen LogP contribution is -2.63. The fraction of sp³-hybridized carbons (Fsp3) is 1.00. The van der Waals surface area contributed by atoms with Crippen molar-refractivity contribution in [1.82, 2.24) is 20.9 Å². The summed E-state index contributed by atoms with van der Waals surface area (Å²) >= 11 is 0. The Kier molecular flexibility index (Phi) is 11.5. The summed E-state index contributed by atoms with van der Waals surface area (Å²) in [6.45, 7) is 5.07. The smallest absolute Gasteiger partial charge is 0.112 e. The third-order valence-corrected chi connectivity index (χ3v) is 7.56. The number of nitrogens with zero attached hydrogens (tertiary/aromatic N) is 1. The average Bonchev–Trinajstić information content (AvgIpc) is 2.81. The van der Waals surface area contributed by atoms with Crippen molar-refractivity contribution >= 4 is 0 Å². The maximum Gasteiger partial charge on any atom is 0.112 e. The molecule has 5 N–H and O–H groups in total. The predicted octanol–water partition coefficient (Wildman–Crippen LogP) is 0.488. The molecule has 1 saturated heterocycles. The van der Waals surface area contributed by atoms with Gasteiger partial charge in [-0.15, -0.1) is 0 Å². The maximum absolute atomic E-state index is 9.09. The van der Waals surface area contributed by atoms with Crippen LogP contribution in [0.1, 0.15) is 51.4 Å². The van der Waals surface area contributed by atoms with Gasteiger partial charge in [-0.3, -0.25) is 20.9 Å². The van der Waals surface area contributed by atoms with Crippen LogP contribution in [0.25, 0.3) is 0 Å². The summed E-state index contributed by atoms with van der Waals surface area (Å²) in [4.78, 5) is 2.05. The van der Waals surface area contributed by atoms with Gasteiger partial charge in [0.1, 0.15) is 6.29 Å². The lowest BCUT2D eigenvalue weighted by atomic mass is 9.78. The molecule has 8 heteroatoms. The van der Waals surface area contributed by atoms with Crippen LogP contribution in [0.2, 0.25) is 0 Å². The zero-order valence-electron chi connectivity index (χ0n) is 19.4. The van der Waals surface area contributed by atoms with Gasteiger partial charge in [0.05, 0.1) is 32.0 Å². The van der Waals surface area contributed by atoms with Crippen LogP contribution in [0.4, 0.5) is 0 Å². The van der Waals surface area contributed by atoms with Crippen molar-refractivity contribution in [2.45, 2.75) is 75.9 Å². The highest BCUT2D eigenvalue weighted by atomic mass is 16.5. The number of nitrogens with one attached hydrogen (secondary N) is 3. The number of hydrogen-bond acceptors (Lipinski definition) is 8. The van der Waals surface area contributed by atoms with E-state index in [1.807, 2.05) is 12.0 Å². The fourth-order valence-corrected chi connectivity index (χ4v) is 5.53. The van der Waals surface area contributed by atoms with Gasteiger partial charge in [-0.25, -0.2) is 0 Å². The molecule has 0 atom stereocenters. The van der Waals surface area contributed by atoms with Gasteiger partial charge in [-0.2, -0.15) is 0 Å². The van der Waals surface area contributed by atoms with Crippen molar-refractivity contribution in [2.24, 2.45) is 11.8 Å². The molecule has 3 aliphatic rings. The Labute approximate surface area is 188 Å². The molecule has 1 heterocycles. The Hall–Kier alpha value is -0.320. The van der Waals surface area contributed by atoms with Gasteiger partial charge in [0.15, 0.2) is 0 Å². The number of ether oxygens (including phenoxy) is 2. The highest BCUT2D eigenvalue weighted by molar-refractivity contribution is 4.87. The SMILES string of the molecule is COC1CCC(C2CNC(NC3CCC(OCCN(CCO)CCO)CC3)NC2)CC1. The molecule has 31 heavy (non-hydrogen) atoms. The summed E-state index contributed by atoms with van der Waals surface area (Å²) in [7, 11) is 1.84. The summed E-state index contributed by atoms with van der Waals surface area (Å²) < 4.78 is 11.6. The molecule has 0 aromatic rings. The molecule has 182 valence electrons. The minimum absolute atomic E-state index is 0.121. The highest BCUT2D eigenvalue weighted by Crippen LogP contribution is 2.31. The molecule has 0 aromatic heterocycles. The van der Waals surface area contributed by atoms with Crippen LogP contribution in [0.3, 0.4) is 0 Å². The normalized spacial score (nSPS) is 34.8. The Morgan fingerprint density at radius 2 is 1.42 bits per heavy atom. The molecule has 0 bridgehead atoms. The van der Waals surface area contributed by atoms with Crippen molar-refractivity contribution in [3.63, 3.8) is 0 Å². The Bertz CT molecular complexity index is 456. The van der Waals surface area contributed by atoms with Gasteiger partial charge in [0.2, 0.25) is 0 Å². The molecule has 2 aliphatic carbocycles. The lowest BCUT2D eigenvalue weighted by Gasteiger charge is -2.40. The molecule has 0 unspecified atom stereocenters. The van der Waals surface area contributed by atoms with E-state index >= 15 is 0 Å². The van der Waals surface area contributed by atoms with Crippen LogP contribution < -0.4 is 16.0 Å². The highest BCUT2D eigenvalue weighted by Gasteiger charge is 2.31. The summed E-state index contributed by atoms with van der Waals surface area (Å²) in [6, 6.07) is 0.541. The van der Waals surface area contributed by atoms with Gasteiger partial charge in [-0.1, -0.05) is 0 Å². The van der Waals surface area contributed by atoms with Gasteiger partial charge in [-0.05, 0) is 63.2 Å². The topological polar surface area (TPSA) is 98.2 Å². The first-order chi connectivity index (χ1) is 15.2. The lowest BCUT2D eigenvalue weighted by molar-refractivity contribution is 0.00560. The predicted molar refractivity (Wildman–Crippen MR) is 122 cm³/mol. The molecule has 1 aliphatic heterocycles. The van der Waals surface area contributed by atoms with Crippen molar-refractivity contribution in [3.8, 4) is 0 Å².